The zero-order valence-corrected chi connectivity index (χ0v) is 12.4. The van der Waals surface area contributed by atoms with Crippen LogP contribution in [0.4, 0.5) is 0 Å². The molecule has 0 aliphatic rings. The maximum Gasteiger partial charge on any atom is 0.117 e. The van der Waals surface area contributed by atoms with Crippen LogP contribution in [0.5, 0.6) is 0 Å². The molecule has 5 heteroatoms. The standard InChI is InChI=1S/C14H20N4.ClH/c1-4-11(2)15-10-13-14(17-18(3)16-13)12-8-6-5-7-9-12;/h5-9,11,15H,4,10H2,1-3H3;1H. The third-order valence-corrected chi connectivity index (χ3v) is 3.06. The van der Waals surface area contributed by atoms with Crippen molar-refractivity contribution in [3.8, 4) is 11.3 Å². The van der Waals surface area contributed by atoms with Crippen molar-refractivity contribution in [3.63, 3.8) is 0 Å². The largest absolute Gasteiger partial charge is 0.309 e. The Kier molecular flexibility index (Phi) is 5.99. The van der Waals surface area contributed by atoms with E-state index in [1.807, 2.05) is 25.2 Å². The SMILES string of the molecule is CCC(C)NCc1nn(C)nc1-c1ccccc1.Cl. The summed E-state index contributed by atoms with van der Waals surface area (Å²) in [5.41, 5.74) is 3.09. The molecule has 0 radical (unpaired) electrons. The highest BCUT2D eigenvalue weighted by atomic mass is 35.5. The quantitative estimate of drug-likeness (QED) is 0.916. The summed E-state index contributed by atoms with van der Waals surface area (Å²) >= 11 is 0. The molecule has 1 N–H and O–H groups in total. The van der Waals surface area contributed by atoms with Gasteiger partial charge in [-0.25, -0.2) is 0 Å². The summed E-state index contributed by atoms with van der Waals surface area (Å²) in [6.07, 6.45) is 1.11. The van der Waals surface area contributed by atoms with Crippen molar-refractivity contribution >= 4 is 12.4 Å². The van der Waals surface area contributed by atoms with Gasteiger partial charge in [0.05, 0.1) is 0 Å². The average molecular weight is 281 g/mol. The van der Waals surface area contributed by atoms with Gasteiger partial charge < -0.3 is 5.32 Å². The maximum atomic E-state index is 4.45. The molecule has 104 valence electrons. The lowest BCUT2D eigenvalue weighted by molar-refractivity contribution is 0.524. The number of benzene rings is 1. The summed E-state index contributed by atoms with van der Waals surface area (Å²) in [6.45, 7) is 5.11. The van der Waals surface area contributed by atoms with Crippen LogP contribution in [0, 0.1) is 0 Å². The molecule has 0 aliphatic carbocycles. The Labute approximate surface area is 120 Å². The van der Waals surface area contributed by atoms with E-state index in [1.54, 1.807) is 4.80 Å². The van der Waals surface area contributed by atoms with Crippen molar-refractivity contribution in [1.82, 2.24) is 20.3 Å². The zero-order chi connectivity index (χ0) is 13.0. The molecular formula is C14H21ClN4. The van der Waals surface area contributed by atoms with Crippen LogP contribution in [0.1, 0.15) is 26.0 Å². The van der Waals surface area contributed by atoms with Crippen molar-refractivity contribution in [2.75, 3.05) is 0 Å². The average Bonchev–Trinajstić information content (AvgIpc) is 2.78. The zero-order valence-electron chi connectivity index (χ0n) is 11.6. The van der Waals surface area contributed by atoms with E-state index < -0.39 is 0 Å². The highest BCUT2D eigenvalue weighted by molar-refractivity contribution is 5.85. The smallest absolute Gasteiger partial charge is 0.117 e. The van der Waals surface area contributed by atoms with Gasteiger partial charge in [0.1, 0.15) is 11.4 Å². The summed E-state index contributed by atoms with van der Waals surface area (Å²) in [5, 5.41) is 12.3. The van der Waals surface area contributed by atoms with Gasteiger partial charge >= 0.3 is 0 Å². The van der Waals surface area contributed by atoms with E-state index in [4.69, 9.17) is 0 Å². The minimum absolute atomic E-state index is 0. The van der Waals surface area contributed by atoms with Crippen LogP contribution >= 0.6 is 12.4 Å². The Bertz CT molecular complexity index is 495. The summed E-state index contributed by atoms with van der Waals surface area (Å²) in [5.74, 6) is 0. The monoisotopic (exact) mass is 280 g/mol. The van der Waals surface area contributed by atoms with E-state index >= 15 is 0 Å². The molecule has 0 spiro atoms. The molecule has 1 aromatic carbocycles. The fourth-order valence-corrected chi connectivity index (χ4v) is 1.80. The van der Waals surface area contributed by atoms with Crippen LogP contribution in [-0.2, 0) is 13.6 Å². The predicted molar refractivity (Wildman–Crippen MR) is 80.3 cm³/mol. The van der Waals surface area contributed by atoms with Crippen LogP contribution in [0.25, 0.3) is 11.3 Å². The minimum Gasteiger partial charge on any atom is -0.309 e. The highest BCUT2D eigenvalue weighted by Gasteiger charge is 2.12. The van der Waals surface area contributed by atoms with E-state index in [9.17, 15) is 0 Å². The van der Waals surface area contributed by atoms with Gasteiger partial charge in [-0.3, -0.25) is 0 Å². The number of nitrogens with zero attached hydrogens (tertiary/aromatic N) is 3. The lowest BCUT2D eigenvalue weighted by Gasteiger charge is -2.09. The first-order valence-electron chi connectivity index (χ1n) is 6.39. The second-order valence-electron chi connectivity index (χ2n) is 4.54. The van der Waals surface area contributed by atoms with Gasteiger partial charge in [0.2, 0.25) is 0 Å². The first-order chi connectivity index (χ1) is 8.70. The second kappa shape index (κ2) is 7.26. The molecule has 0 amide bonds. The molecule has 0 aliphatic heterocycles. The number of hydrogen-bond acceptors (Lipinski definition) is 3. The molecule has 4 nitrogen and oxygen atoms in total. The minimum atomic E-state index is 0. The number of aryl methyl sites for hydroxylation is 1. The number of hydrogen-bond donors (Lipinski definition) is 1. The third-order valence-electron chi connectivity index (χ3n) is 3.06. The topological polar surface area (TPSA) is 42.7 Å². The summed E-state index contributed by atoms with van der Waals surface area (Å²) in [7, 11) is 1.86. The first-order valence-corrected chi connectivity index (χ1v) is 6.39. The van der Waals surface area contributed by atoms with Gasteiger partial charge in [0.25, 0.3) is 0 Å². The summed E-state index contributed by atoms with van der Waals surface area (Å²) in [4.78, 5) is 1.63. The Morgan fingerprint density at radius 2 is 1.89 bits per heavy atom. The number of rotatable bonds is 5. The Morgan fingerprint density at radius 3 is 2.53 bits per heavy atom. The molecule has 1 aromatic heterocycles. The highest BCUT2D eigenvalue weighted by Crippen LogP contribution is 2.19. The molecular weight excluding hydrogens is 260 g/mol. The van der Waals surface area contributed by atoms with E-state index in [2.05, 4.69) is 41.5 Å². The van der Waals surface area contributed by atoms with Crippen molar-refractivity contribution < 1.29 is 0 Å². The Balaban J connectivity index is 0.00000180. The molecule has 1 unspecified atom stereocenters. The van der Waals surface area contributed by atoms with E-state index in [0.717, 1.165) is 29.9 Å². The van der Waals surface area contributed by atoms with Gasteiger partial charge in [0.15, 0.2) is 0 Å². The van der Waals surface area contributed by atoms with Gasteiger partial charge in [-0.15, -0.1) is 12.4 Å². The molecule has 0 saturated heterocycles. The van der Waals surface area contributed by atoms with Crippen molar-refractivity contribution in [2.45, 2.75) is 32.9 Å². The Morgan fingerprint density at radius 1 is 1.21 bits per heavy atom. The fraction of sp³-hybridized carbons (Fsp3) is 0.429. The maximum absolute atomic E-state index is 4.45. The number of aromatic nitrogens is 3. The fourth-order valence-electron chi connectivity index (χ4n) is 1.80. The van der Waals surface area contributed by atoms with Crippen molar-refractivity contribution in [1.29, 1.82) is 0 Å². The van der Waals surface area contributed by atoms with Crippen LogP contribution in [0.3, 0.4) is 0 Å². The summed E-state index contributed by atoms with van der Waals surface area (Å²) in [6, 6.07) is 10.7. The lowest BCUT2D eigenvalue weighted by Crippen LogP contribution is -2.25. The van der Waals surface area contributed by atoms with Crippen LogP contribution in [0.2, 0.25) is 0 Å². The molecule has 0 saturated carbocycles. The van der Waals surface area contributed by atoms with E-state index in [0.29, 0.717) is 6.04 Å². The molecule has 2 aromatic rings. The van der Waals surface area contributed by atoms with E-state index in [1.165, 1.54) is 0 Å². The van der Waals surface area contributed by atoms with Crippen molar-refractivity contribution in [3.05, 3.63) is 36.0 Å². The van der Waals surface area contributed by atoms with E-state index in [-0.39, 0.29) is 12.4 Å². The summed E-state index contributed by atoms with van der Waals surface area (Å²) < 4.78 is 0. The number of nitrogens with one attached hydrogen (secondary N) is 1. The molecule has 19 heavy (non-hydrogen) atoms. The normalized spacial score (nSPS) is 11.9. The third kappa shape index (κ3) is 4.04. The molecule has 1 heterocycles. The first kappa shape index (κ1) is 15.7. The van der Waals surface area contributed by atoms with Crippen molar-refractivity contribution in [2.24, 2.45) is 7.05 Å². The predicted octanol–water partition coefficient (Wildman–Crippen LogP) is 2.79. The van der Waals surface area contributed by atoms with Gasteiger partial charge in [0, 0.05) is 25.2 Å². The second-order valence-corrected chi connectivity index (χ2v) is 4.54. The number of halogens is 1. The van der Waals surface area contributed by atoms with Gasteiger partial charge in [-0.1, -0.05) is 37.3 Å². The molecule has 2 rings (SSSR count). The lowest BCUT2D eigenvalue weighted by atomic mass is 10.1. The molecule has 1 atom stereocenters. The van der Waals surface area contributed by atoms with Gasteiger partial charge in [-0.05, 0) is 13.3 Å². The molecule has 0 fully saturated rings. The van der Waals surface area contributed by atoms with Gasteiger partial charge in [-0.2, -0.15) is 15.0 Å². The Hall–Kier alpha value is -1.39. The van der Waals surface area contributed by atoms with Crippen LogP contribution < -0.4 is 5.32 Å². The molecule has 0 bridgehead atoms. The van der Waals surface area contributed by atoms with Crippen LogP contribution in [0.15, 0.2) is 30.3 Å². The van der Waals surface area contributed by atoms with Crippen LogP contribution in [-0.4, -0.2) is 21.0 Å².